The summed E-state index contributed by atoms with van der Waals surface area (Å²) in [6, 6.07) is 16.0. The Hall–Kier alpha value is -3.01. The molecule has 0 spiro atoms. The number of aromatic nitrogens is 1. The molecule has 0 unspecified atom stereocenters. The number of hydrogen-bond donors (Lipinski definition) is 1. The first-order chi connectivity index (χ1) is 10.7. The highest BCUT2D eigenvalue weighted by Gasteiger charge is 2.40. The number of nitrogens with two attached hydrogens (primary N) is 1. The minimum absolute atomic E-state index is 0.193. The normalized spacial score (nSPS) is 14.5. The summed E-state index contributed by atoms with van der Waals surface area (Å²) < 4.78 is 0. The van der Waals surface area contributed by atoms with Crippen LogP contribution in [-0.2, 0) is 0 Å². The molecule has 1 aliphatic carbocycles. The van der Waals surface area contributed by atoms with Gasteiger partial charge in [-0.1, -0.05) is 42.5 Å². The molecule has 106 valence electrons. The molecule has 4 heteroatoms. The van der Waals surface area contributed by atoms with Gasteiger partial charge in [0.05, 0.1) is 16.9 Å². The molecule has 22 heavy (non-hydrogen) atoms. The Kier molecular flexibility index (Phi) is 2.60. The predicted octanol–water partition coefficient (Wildman–Crippen LogP) is 2.98. The summed E-state index contributed by atoms with van der Waals surface area (Å²) in [4.78, 5) is 29.5. The number of hydrogen-bond acceptors (Lipinski definition) is 4. The first kappa shape index (κ1) is 12.7. The van der Waals surface area contributed by atoms with E-state index in [9.17, 15) is 9.59 Å². The molecule has 0 bridgehead atoms. The molecule has 0 amide bonds. The fourth-order valence-corrected chi connectivity index (χ4v) is 2.96. The van der Waals surface area contributed by atoms with Gasteiger partial charge in [0.25, 0.3) is 0 Å². The van der Waals surface area contributed by atoms with Crippen molar-refractivity contribution in [2.45, 2.75) is 5.92 Å². The number of Topliss-reactive ketones (excluding diaryl/α,β-unsaturated/α-hetero) is 2. The second kappa shape index (κ2) is 4.49. The smallest absolute Gasteiger partial charge is 0.180 e. The minimum Gasteiger partial charge on any atom is -0.397 e. The fraction of sp³-hybridized carbons (Fsp3) is 0.0556. The van der Waals surface area contributed by atoms with Crippen molar-refractivity contribution in [1.82, 2.24) is 4.98 Å². The average Bonchev–Trinajstić information content (AvgIpc) is 2.80. The van der Waals surface area contributed by atoms with E-state index in [1.165, 1.54) is 0 Å². The predicted molar refractivity (Wildman–Crippen MR) is 84.0 cm³/mol. The van der Waals surface area contributed by atoms with Crippen LogP contribution >= 0.6 is 0 Å². The second-order valence-electron chi connectivity index (χ2n) is 5.36. The van der Waals surface area contributed by atoms with Gasteiger partial charge in [-0.15, -0.1) is 0 Å². The number of carbonyl (C=O) groups is 2. The van der Waals surface area contributed by atoms with Gasteiger partial charge in [0, 0.05) is 16.5 Å². The lowest BCUT2D eigenvalue weighted by Crippen LogP contribution is -2.14. The van der Waals surface area contributed by atoms with Gasteiger partial charge in [-0.2, -0.15) is 0 Å². The van der Waals surface area contributed by atoms with E-state index < -0.39 is 5.92 Å². The summed E-state index contributed by atoms with van der Waals surface area (Å²) in [6.45, 7) is 0. The number of para-hydroxylation sites is 1. The Labute approximate surface area is 126 Å². The molecule has 0 saturated carbocycles. The third-order valence-corrected chi connectivity index (χ3v) is 4.05. The van der Waals surface area contributed by atoms with E-state index >= 15 is 0 Å². The quantitative estimate of drug-likeness (QED) is 0.552. The maximum atomic E-state index is 12.5. The van der Waals surface area contributed by atoms with Crippen LogP contribution < -0.4 is 5.73 Å². The van der Waals surface area contributed by atoms with E-state index in [4.69, 9.17) is 5.73 Å². The van der Waals surface area contributed by atoms with Crippen LogP contribution in [0.15, 0.2) is 54.6 Å². The third kappa shape index (κ3) is 1.67. The Morgan fingerprint density at radius 3 is 2.18 bits per heavy atom. The first-order valence-corrected chi connectivity index (χ1v) is 6.99. The van der Waals surface area contributed by atoms with Crippen molar-refractivity contribution in [2.75, 3.05) is 5.73 Å². The van der Waals surface area contributed by atoms with Crippen LogP contribution in [0.4, 0.5) is 5.69 Å². The molecule has 0 fully saturated rings. The van der Waals surface area contributed by atoms with Gasteiger partial charge >= 0.3 is 0 Å². The van der Waals surface area contributed by atoms with Crippen molar-refractivity contribution in [3.63, 3.8) is 0 Å². The Bertz CT molecular complexity index is 912. The largest absolute Gasteiger partial charge is 0.397 e. The molecule has 1 aromatic heterocycles. The van der Waals surface area contributed by atoms with Crippen molar-refractivity contribution in [3.8, 4) is 0 Å². The van der Waals surface area contributed by atoms with Gasteiger partial charge in [0.15, 0.2) is 11.6 Å². The molecule has 1 aliphatic rings. The molecule has 1 heterocycles. The summed E-state index contributed by atoms with van der Waals surface area (Å²) in [7, 11) is 0. The highest BCUT2D eigenvalue weighted by Crippen LogP contribution is 2.34. The van der Waals surface area contributed by atoms with Gasteiger partial charge in [0.1, 0.15) is 5.92 Å². The lowest BCUT2D eigenvalue weighted by atomic mass is 9.98. The van der Waals surface area contributed by atoms with Crippen LogP contribution in [0.25, 0.3) is 10.9 Å². The van der Waals surface area contributed by atoms with Crippen molar-refractivity contribution in [1.29, 1.82) is 0 Å². The summed E-state index contributed by atoms with van der Waals surface area (Å²) in [5.41, 5.74) is 8.50. The molecule has 0 atom stereocenters. The monoisotopic (exact) mass is 288 g/mol. The zero-order chi connectivity index (χ0) is 15.3. The molecule has 3 aromatic rings. The molecule has 4 rings (SSSR count). The number of pyridine rings is 1. The van der Waals surface area contributed by atoms with E-state index in [0.717, 1.165) is 5.39 Å². The highest BCUT2D eigenvalue weighted by atomic mass is 16.2. The minimum atomic E-state index is -0.860. The number of nitrogens with zero attached hydrogens (tertiary/aromatic N) is 1. The standard InChI is InChI=1S/C18H12N2O2/c19-13-7-3-4-10-8-9-14(20-16(10)13)15-17(21)11-5-1-2-6-12(11)18(15)22/h1-9,15H,19H2. The number of rotatable bonds is 1. The topological polar surface area (TPSA) is 73.1 Å². The summed E-state index contributed by atoms with van der Waals surface area (Å²) in [6.07, 6.45) is 0. The number of carbonyl (C=O) groups excluding carboxylic acids is 2. The van der Waals surface area contributed by atoms with Crippen LogP contribution in [0.3, 0.4) is 0 Å². The maximum Gasteiger partial charge on any atom is 0.180 e. The lowest BCUT2D eigenvalue weighted by Gasteiger charge is -2.09. The molecular formula is C18H12N2O2. The van der Waals surface area contributed by atoms with E-state index in [1.807, 2.05) is 18.2 Å². The Morgan fingerprint density at radius 2 is 1.50 bits per heavy atom. The van der Waals surface area contributed by atoms with Gasteiger partial charge in [0.2, 0.25) is 0 Å². The zero-order valence-corrected chi connectivity index (χ0v) is 11.6. The molecular weight excluding hydrogens is 276 g/mol. The number of fused-ring (bicyclic) bond motifs is 2. The van der Waals surface area contributed by atoms with E-state index in [-0.39, 0.29) is 11.6 Å². The van der Waals surface area contributed by atoms with Crippen LogP contribution in [-0.4, -0.2) is 16.6 Å². The third-order valence-electron chi connectivity index (χ3n) is 4.05. The highest BCUT2D eigenvalue weighted by molar-refractivity contribution is 6.29. The average molecular weight is 288 g/mol. The Morgan fingerprint density at radius 1 is 0.818 bits per heavy atom. The van der Waals surface area contributed by atoms with Crippen molar-refractivity contribution < 1.29 is 9.59 Å². The second-order valence-corrected chi connectivity index (χ2v) is 5.36. The van der Waals surface area contributed by atoms with Gasteiger partial charge in [-0.05, 0) is 12.1 Å². The van der Waals surface area contributed by atoms with E-state index in [2.05, 4.69) is 4.98 Å². The van der Waals surface area contributed by atoms with E-state index in [1.54, 1.807) is 36.4 Å². The molecule has 0 aliphatic heterocycles. The summed E-state index contributed by atoms with van der Waals surface area (Å²) in [5.74, 6) is -1.25. The zero-order valence-electron chi connectivity index (χ0n) is 11.6. The molecule has 0 radical (unpaired) electrons. The summed E-state index contributed by atoms with van der Waals surface area (Å²) >= 11 is 0. The van der Waals surface area contributed by atoms with Gasteiger partial charge in [-0.25, -0.2) is 4.98 Å². The summed E-state index contributed by atoms with van der Waals surface area (Å²) in [5, 5.41) is 0.888. The number of benzene rings is 2. The van der Waals surface area contributed by atoms with Gasteiger partial charge < -0.3 is 5.73 Å². The fourth-order valence-electron chi connectivity index (χ4n) is 2.96. The maximum absolute atomic E-state index is 12.5. The van der Waals surface area contributed by atoms with Crippen molar-refractivity contribution in [2.24, 2.45) is 0 Å². The van der Waals surface area contributed by atoms with Gasteiger partial charge in [-0.3, -0.25) is 9.59 Å². The first-order valence-electron chi connectivity index (χ1n) is 6.99. The van der Waals surface area contributed by atoms with Crippen LogP contribution in [0.2, 0.25) is 0 Å². The lowest BCUT2D eigenvalue weighted by molar-refractivity contribution is 0.0888. The van der Waals surface area contributed by atoms with E-state index in [0.29, 0.717) is 28.0 Å². The molecule has 2 N–H and O–H groups in total. The SMILES string of the molecule is Nc1cccc2ccc(C3C(=O)c4ccccc4C3=O)nc12. The van der Waals surface area contributed by atoms with Crippen molar-refractivity contribution >= 4 is 28.2 Å². The number of ketones is 2. The molecule has 0 saturated heterocycles. The van der Waals surface area contributed by atoms with Crippen molar-refractivity contribution in [3.05, 3.63) is 71.4 Å². The van der Waals surface area contributed by atoms with Crippen LogP contribution in [0.5, 0.6) is 0 Å². The number of nitrogen functional groups attached to an aromatic ring is 1. The van der Waals surface area contributed by atoms with Crippen LogP contribution in [0, 0.1) is 0 Å². The number of anilines is 1. The molecule has 2 aromatic carbocycles. The Balaban J connectivity index is 1.88. The molecule has 4 nitrogen and oxygen atoms in total. The van der Waals surface area contributed by atoms with Crippen LogP contribution in [0.1, 0.15) is 32.3 Å².